The lowest BCUT2D eigenvalue weighted by molar-refractivity contribution is 0.609. The lowest BCUT2D eigenvalue weighted by Crippen LogP contribution is -2.22. The summed E-state index contributed by atoms with van der Waals surface area (Å²) in [5.74, 6) is 0.340. The lowest BCUT2D eigenvalue weighted by atomic mass is 9.78. The van der Waals surface area contributed by atoms with Gasteiger partial charge in [0.15, 0.2) is 0 Å². The normalized spacial score (nSPS) is 15.4. The molecule has 282 valence electrons. The van der Waals surface area contributed by atoms with Gasteiger partial charge < -0.3 is 9.47 Å². The Morgan fingerprint density at radius 2 is 1.05 bits per heavy atom. The van der Waals surface area contributed by atoms with Crippen LogP contribution in [-0.4, -0.2) is 4.57 Å². The van der Waals surface area contributed by atoms with Gasteiger partial charge in [-0.25, -0.2) is 0 Å². The van der Waals surface area contributed by atoms with Crippen molar-refractivity contribution in [3.63, 3.8) is 0 Å². The van der Waals surface area contributed by atoms with E-state index in [0.29, 0.717) is 5.92 Å². The molecular weight excluding hydrogens is 713 g/mol. The number of allylic oxidation sites excluding steroid dienone is 3. The van der Waals surface area contributed by atoms with Gasteiger partial charge in [-0.05, 0) is 112 Å². The molecule has 11 rings (SSSR count). The molecule has 9 aromatic rings. The minimum Gasteiger partial charge on any atom is -0.311 e. The number of anilines is 2. The van der Waals surface area contributed by atoms with Crippen molar-refractivity contribution in [1.29, 1.82) is 0 Å². The molecule has 2 nitrogen and oxygen atoms in total. The van der Waals surface area contributed by atoms with E-state index in [2.05, 4.69) is 236 Å². The van der Waals surface area contributed by atoms with Crippen LogP contribution in [0.3, 0.4) is 0 Å². The molecule has 1 aromatic heterocycles. The first-order valence-corrected chi connectivity index (χ1v) is 20.8. The molecule has 1 unspecified atom stereocenters. The Hall–Kier alpha value is -7.16. The maximum absolute atomic E-state index is 2.50. The van der Waals surface area contributed by atoms with E-state index in [-0.39, 0.29) is 5.41 Å². The van der Waals surface area contributed by atoms with Gasteiger partial charge in [-0.2, -0.15) is 0 Å². The molecule has 0 saturated heterocycles. The number of hydrogen-bond donors (Lipinski definition) is 0. The van der Waals surface area contributed by atoms with Crippen LogP contribution in [0.1, 0.15) is 37.3 Å². The van der Waals surface area contributed by atoms with E-state index in [1.165, 1.54) is 83.3 Å². The van der Waals surface area contributed by atoms with Crippen LogP contribution in [0.5, 0.6) is 0 Å². The second-order valence-electron chi connectivity index (χ2n) is 16.5. The molecule has 59 heavy (non-hydrogen) atoms. The summed E-state index contributed by atoms with van der Waals surface area (Å²) in [7, 11) is 0. The summed E-state index contributed by atoms with van der Waals surface area (Å²) in [5.41, 5.74) is 18.9. The molecule has 0 radical (unpaired) electrons. The van der Waals surface area contributed by atoms with E-state index in [0.717, 1.165) is 17.8 Å². The molecule has 2 aliphatic rings. The van der Waals surface area contributed by atoms with Crippen LogP contribution < -0.4 is 4.90 Å². The SMILES string of the molecule is CC1(C)C2=CC(N(c3ccc(-c4ccccc4)cc3)c3ccc(-c4ccc5c(c4)c4ccccc4n5-c4ccccc4)cc3)=CCC2c2c(-c3ccccc3)cccc21. The summed E-state index contributed by atoms with van der Waals surface area (Å²) in [6.45, 7) is 4.83. The van der Waals surface area contributed by atoms with E-state index in [1.54, 1.807) is 0 Å². The number of rotatable bonds is 7. The van der Waals surface area contributed by atoms with Crippen molar-refractivity contribution in [3.05, 3.63) is 235 Å². The lowest BCUT2D eigenvalue weighted by Gasteiger charge is -2.33. The highest BCUT2D eigenvalue weighted by molar-refractivity contribution is 6.10. The number of nitrogens with zero attached hydrogens (tertiary/aromatic N) is 2. The molecule has 0 saturated carbocycles. The number of para-hydroxylation sites is 2. The molecule has 1 heterocycles. The van der Waals surface area contributed by atoms with Gasteiger partial charge in [0.25, 0.3) is 0 Å². The third-order valence-corrected chi connectivity index (χ3v) is 12.8. The Morgan fingerprint density at radius 3 is 1.75 bits per heavy atom. The first-order chi connectivity index (χ1) is 29.0. The van der Waals surface area contributed by atoms with Gasteiger partial charge in [-0.1, -0.05) is 171 Å². The number of fused-ring (bicyclic) bond motifs is 6. The van der Waals surface area contributed by atoms with Gasteiger partial charge in [-0.15, -0.1) is 0 Å². The third kappa shape index (κ3) is 5.86. The highest BCUT2D eigenvalue weighted by atomic mass is 15.1. The standard InChI is InChI=1S/C57H44N2/c1-57(2)52-23-14-22-48(42-17-8-4-9-18-42)56(52)50-35-34-47(38-53(50)57)58(45-30-25-40(26-31-45)39-15-6-3-7-16-39)46-32-27-41(28-33-46)43-29-36-55-51(37-43)49-21-12-13-24-54(49)59(55)44-19-10-5-11-20-44/h3-34,36-38,50H,35H2,1-2H3. The maximum Gasteiger partial charge on any atom is 0.0541 e. The van der Waals surface area contributed by atoms with E-state index in [4.69, 9.17) is 0 Å². The highest BCUT2D eigenvalue weighted by Gasteiger charge is 2.44. The van der Waals surface area contributed by atoms with Gasteiger partial charge in [0, 0.05) is 44.9 Å². The molecule has 2 aliphatic carbocycles. The number of hydrogen-bond acceptors (Lipinski definition) is 1. The fourth-order valence-corrected chi connectivity index (χ4v) is 9.93. The van der Waals surface area contributed by atoms with Crippen molar-refractivity contribution in [3.8, 4) is 39.1 Å². The van der Waals surface area contributed by atoms with Gasteiger partial charge in [0.05, 0.1) is 11.0 Å². The van der Waals surface area contributed by atoms with Gasteiger partial charge in [-0.3, -0.25) is 0 Å². The Morgan fingerprint density at radius 1 is 0.492 bits per heavy atom. The monoisotopic (exact) mass is 756 g/mol. The maximum atomic E-state index is 2.50. The van der Waals surface area contributed by atoms with E-state index in [1.807, 2.05) is 0 Å². The zero-order valence-corrected chi connectivity index (χ0v) is 33.4. The predicted octanol–water partition coefficient (Wildman–Crippen LogP) is 15.2. The molecule has 2 heteroatoms. The summed E-state index contributed by atoms with van der Waals surface area (Å²) in [5, 5.41) is 2.52. The van der Waals surface area contributed by atoms with Crippen LogP contribution in [0.4, 0.5) is 11.4 Å². The summed E-state index contributed by atoms with van der Waals surface area (Å²) in [6, 6.07) is 73.1. The first kappa shape index (κ1) is 35.0. The van der Waals surface area contributed by atoms with Crippen LogP contribution in [0, 0.1) is 0 Å². The van der Waals surface area contributed by atoms with E-state index >= 15 is 0 Å². The number of aromatic nitrogens is 1. The molecule has 0 aliphatic heterocycles. The summed E-state index contributed by atoms with van der Waals surface area (Å²) >= 11 is 0. The summed E-state index contributed by atoms with van der Waals surface area (Å²) in [4.78, 5) is 2.45. The zero-order valence-electron chi connectivity index (χ0n) is 33.4. The van der Waals surface area contributed by atoms with Crippen LogP contribution >= 0.6 is 0 Å². The third-order valence-electron chi connectivity index (χ3n) is 12.8. The Balaban J connectivity index is 0.994. The van der Waals surface area contributed by atoms with Crippen LogP contribution in [0.25, 0.3) is 60.9 Å². The Labute approximate surface area is 346 Å². The van der Waals surface area contributed by atoms with Crippen molar-refractivity contribution in [2.24, 2.45) is 0 Å². The Bertz CT molecular complexity index is 3060. The van der Waals surface area contributed by atoms with Gasteiger partial charge in [0.2, 0.25) is 0 Å². The summed E-state index contributed by atoms with van der Waals surface area (Å²) < 4.78 is 2.38. The second kappa shape index (κ2) is 14.0. The smallest absolute Gasteiger partial charge is 0.0541 e. The van der Waals surface area contributed by atoms with Crippen molar-refractivity contribution >= 4 is 33.2 Å². The topological polar surface area (TPSA) is 8.17 Å². The average Bonchev–Trinajstić information content (AvgIpc) is 3.75. The molecule has 0 amide bonds. The largest absolute Gasteiger partial charge is 0.311 e. The average molecular weight is 757 g/mol. The highest BCUT2D eigenvalue weighted by Crippen LogP contribution is 2.56. The molecule has 0 N–H and O–H groups in total. The van der Waals surface area contributed by atoms with Crippen LogP contribution in [0.2, 0.25) is 0 Å². The first-order valence-electron chi connectivity index (χ1n) is 20.8. The van der Waals surface area contributed by atoms with Crippen molar-refractivity contribution in [2.75, 3.05) is 4.90 Å². The zero-order chi connectivity index (χ0) is 39.5. The minimum atomic E-state index is -0.0979. The van der Waals surface area contributed by atoms with Crippen molar-refractivity contribution < 1.29 is 0 Å². The summed E-state index contributed by atoms with van der Waals surface area (Å²) in [6.07, 6.45) is 5.92. The molecule has 1 atom stereocenters. The fraction of sp³-hybridized carbons (Fsp3) is 0.0877. The molecule has 0 fully saturated rings. The van der Waals surface area contributed by atoms with E-state index < -0.39 is 0 Å². The van der Waals surface area contributed by atoms with Crippen LogP contribution in [-0.2, 0) is 5.41 Å². The van der Waals surface area contributed by atoms with Crippen molar-refractivity contribution in [2.45, 2.75) is 31.6 Å². The minimum absolute atomic E-state index is 0.0979. The quantitative estimate of drug-likeness (QED) is 0.157. The second-order valence-corrected chi connectivity index (χ2v) is 16.5. The molecule has 8 aromatic carbocycles. The number of benzene rings is 8. The molecule has 0 spiro atoms. The molecule has 0 bridgehead atoms. The van der Waals surface area contributed by atoms with E-state index in [9.17, 15) is 0 Å². The molecular formula is C57H44N2. The van der Waals surface area contributed by atoms with Crippen LogP contribution in [0.15, 0.2) is 224 Å². The van der Waals surface area contributed by atoms with Gasteiger partial charge >= 0.3 is 0 Å². The van der Waals surface area contributed by atoms with Crippen molar-refractivity contribution in [1.82, 2.24) is 4.57 Å². The van der Waals surface area contributed by atoms with Gasteiger partial charge in [0.1, 0.15) is 0 Å². The fourth-order valence-electron chi connectivity index (χ4n) is 9.93. The predicted molar refractivity (Wildman–Crippen MR) is 249 cm³/mol. The Kier molecular flexibility index (Phi) is 8.34.